The number of piperidine rings is 1. The molecule has 8 heteroatoms. The SMILES string of the molecule is N#Cc1ccc(NC(=O)C2CCN(c3ccc4nncn4n3)CC2)cc1. The quantitative estimate of drug-likeness (QED) is 0.776. The highest BCUT2D eigenvalue weighted by molar-refractivity contribution is 5.92. The van der Waals surface area contributed by atoms with Crippen molar-refractivity contribution in [3.05, 3.63) is 48.3 Å². The normalized spacial score (nSPS) is 15.0. The van der Waals surface area contributed by atoms with Gasteiger partial charge >= 0.3 is 0 Å². The van der Waals surface area contributed by atoms with Gasteiger partial charge in [-0.15, -0.1) is 15.3 Å². The van der Waals surface area contributed by atoms with E-state index in [4.69, 9.17) is 5.26 Å². The van der Waals surface area contributed by atoms with E-state index in [1.807, 2.05) is 12.1 Å². The van der Waals surface area contributed by atoms with Crippen LogP contribution < -0.4 is 10.2 Å². The minimum Gasteiger partial charge on any atom is -0.355 e. The minimum absolute atomic E-state index is 0.0246. The van der Waals surface area contributed by atoms with Gasteiger partial charge in [0.15, 0.2) is 5.65 Å². The van der Waals surface area contributed by atoms with E-state index < -0.39 is 0 Å². The lowest BCUT2D eigenvalue weighted by Crippen LogP contribution is -2.38. The van der Waals surface area contributed by atoms with Crippen LogP contribution in [0.1, 0.15) is 18.4 Å². The van der Waals surface area contributed by atoms with Crippen LogP contribution in [0.3, 0.4) is 0 Å². The van der Waals surface area contributed by atoms with Crippen molar-refractivity contribution in [1.82, 2.24) is 19.8 Å². The lowest BCUT2D eigenvalue weighted by Gasteiger charge is -2.32. The average Bonchev–Trinajstić information content (AvgIpc) is 3.16. The van der Waals surface area contributed by atoms with Gasteiger partial charge in [0.25, 0.3) is 0 Å². The largest absolute Gasteiger partial charge is 0.355 e. The molecule has 3 aromatic rings. The van der Waals surface area contributed by atoms with E-state index in [1.54, 1.807) is 35.1 Å². The maximum Gasteiger partial charge on any atom is 0.227 e. The number of amides is 1. The Kier molecular flexibility index (Phi) is 4.19. The van der Waals surface area contributed by atoms with E-state index in [1.165, 1.54) is 0 Å². The number of carbonyl (C=O) groups excluding carboxylic acids is 1. The monoisotopic (exact) mass is 347 g/mol. The average molecular weight is 347 g/mol. The van der Waals surface area contributed by atoms with E-state index in [0.29, 0.717) is 11.2 Å². The van der Waals surface area contributed by atoms with E-state index in [2.05, 4.69) is 31.6 Å². The molecule has 1 saturated heterocycles. The first-order chi connectivity index (χ1) is 12.7. The van der Waals surface area contributed by atoms with Crippen LogP contribution in [-0.4, -0.2) is 38.8 Å². The standard InChI is InChI=1S/C18H17N7O/c19-11-13-1-3-15(4-2-13)21-18(26)14-7-9-24(10-8-14)17-6-5-16-22-20-12-25(16)23-17/h1-6,12,14H,7-10H2,(H,21,26). The number of anilines is 2. The third-order valence-electron chi connectivity index (χ3n) is 4.62. The molecule has 1 fully saturated rings. The molecular weight excluding hydrogens is 330 g/mol. The van der Waals surface area contributed by atoms with Crippen LogP contribution in [0.4, 0.5) is 11.5 Å². The Labute approximate surface area is 150 Å². The second-order valence-electron chi connectivity index (χ2n) is 6.26. The maximum atomic E-state index is 12.5. The second kappa shape index (κ2) is 6.80. The van der Waals surface area contributed by atoms with Gasteiger partial charge in [-0.2, -0.15) is 9.78 Å². The number of nitriles is 1. The van der Waals surface area contributed by atoms with Crippen LogP contribution >= 0.6 is 0 Å². The Balaban J connectivity index is 1.36. The Morgan fingerprint density at radius 1 is 1.15 bits per heavy atom. The molecule has 0 aliphatic carbocycles. The summed E-state index contributed by atoms with van der Waals surface area (Å²) in [4.78, 5) is 14.6. The van der Waals surface area contributed by atoms with Crippen molar-refractivity contribution < 1.29 is 4.79 Å². The molecule has 8 nitrogen and oxygen atoms in total. The number of aromatic nitrogens is 4. The van der Waals surface area contributed by atoms with Crippen molar-refractivity contribution >= 4 is 23.1 Å². The molecule has 1 N–H and O–H groups in total. The summed E-state index contributed by atoms with van der Waals surface area (Å²) < 4.78 is 1.65. The summed E-state index contributed by atoms with van der Waals surface area (Å²) in [6.45, 7) is 1.54. The van der Waals surface area contributed by atoms with Crippen molar-refractivity contribution in [3.8, 4) is 6.07 Å². The van der Waals surface area contributed by atoms with Gasteiger partial charge in [-0.25, -0.2) is 0 Å². The first-order valence-corrected chi connectivity index (χ1v) is 8.46. The number of nitrogens with one attached hydrogen (secondary N) is 1. The summed E-state index contributed by atoms with van der Waals surface area (Å²) in [7, 11) is 0. The van der Waals surface area contributed by atoms with E-state index in [9.17, 15) is 4.79 Å². The highest BCUT2D eigenvalue weighted by atomic mass is 16.1. The maximum absolute atomic E-state index is 12.5. The number of fused-ring (bicyclic) bond motifs is 1. The molecule has 1 aliphatic rings. The fourth-order valence-electron chi connectivity index (χ4n) is 3.13. The van der Waals surface area contributed by atoms with Crippen molar-refractivity contribution in [1.29, 1.82) is 5.26 Å². The van der Waals surface area contributed by atoms with Gasteiger partial charge in [-0.3, -0.25) is 4.79 Å². The Morgan fingerprint density at radius 2 is 1.92 bits per heavy atom. The number of carbonyl (C=O) groups is 1. The van der Waals surface area contributed by atoms with Gasteiger partial charge in [-0.05, 0) is 49.2 Å². The predicted octanol–water partition coefficient (Wildman–Crippen LogP) is 1.85. The number of hydrogen-bond acceptors (Lipinski definition) is 6. The molecule has 4 rings (SSSR count). The van der Waals surface area contributed by atoms with Crippen LogP contribution in [0.25, 0.3) is 5.65 Å². The predicted molar refractivity (Wildman–Crippen MR) is 95.5 cm³/mol. The molecule has 130 valence electrons. The van der Waals surface area contributed by atoms with Crippen molar-refractivity contribution in [2.75, 3.05) is 23.3 Å². The first kappa shape index (κ1) is 16.0. The molecule has 1 aromatic carbocycles. The molecule has 0 bridgehead atoms. The zero-order valence-electron chi connectivity index (χ0n) is 14.0. The summed E-state index contributed by atoms with van der Waals surface area (Å²) in [6, 6.07) is 12.8. The lowest BCUT2D eigenvalue weighted by molar-refractivity contribution is -0.120. The van der Waals surface area contributed by atoms with Crippen molar-refractivity contribution in [2.24, 2.45) is 5.92 Å². The minimum atomic E-state index is -0.0273. The summed E-state index contributed by atoms with van der Waals surface area (Å²) in [5.74, 6) is 0.861. The smallest absolute Gasteiger partial charge is 0.227 e. The molecule has 2 aromatic heterocycles. The molecule has 1 amide bonds. The highest BCUT2D eigenvalue weighted by Crippen LogP contribution is 2.23. The van der Waals surface area contributed by atoms with Gasteiger partial charge in [0.1, 0.15) is 12.1 Å². The molecule has 3 heterocycles. The van der Waals surface area contributed by atoms with Crippen LogP contribution in [0.2, 0.25) is 0 Å². The number of nitrogens with zero attached hydrogens (tertiary/aromatic N) is 6. The molecule has 1 aliphatic heterocycles. The molecule has 0 atom stereocenters. The molecular formula is C18H17N7O. The summed E-state index contributed by atoms with van der Waals surface area (Å²) in [5, 5.41) is 24.0. The lowest BCUT2D eigenvalue weighted by atomic mass is 9.96. The van der Waals surface area contributed by atoms with Gasteiger partial charge in [-0.1, -0.05) is 0 Å². The Bertz CT molecular complexity index is 965. The van der Waals surface area contributed by atoms with Crippen LogP contribution in [0, 0.1) is 17.2 Å². The first-order valence-electron chi connectivity index (χ1n) is 8.46. The van der Waals surface area contributed by atoms with Crippen molar-refractivity contribution in [2.45, 2.75) is 12.8 Å². The Hall–Kier alpha value is -3.47. The van der Waals surface area contributed by atoms with Crippen LogP contribution in [0.15, 0.2) is 42.7 Å². The zero-order valence-corrected chi connectivity index (χ0v) is 14.0. The highest BCUT2D eigenvalue weighted by Gasteiger charge is 2.26. The second-order valence-corrected chi connectivity index (χ2v) is 6.26. The molecule has 0 unspecified atom stereocenters. The fourth-order valence-corrected chi connectivity index (χ4v) is 3.13. The Morgan fingerprint density at radius 3 is 2.65 bits per heavy atom. The van der Waals surface area contributed by atoms with Gasteiger partial charge < -0.3 is 10.2 Å². The fraction of sp³-hybridized carbons (Fsp3) is 0.278. The van der Waals surface area contributed by atoms with Crippen molar-refractivity contribution in [3.63, 3.8) is 0 Å². The third-order valence-corrected chi connectivity index (χ3v) is 4.62. The number of benzene rings is 1. The zero-order chi connectivity index (χ0) is 17.9. The molecule has 0 radical (unpaired) electrons. The summed E-state index contributed by atoms with van der Waals surface area (Å²) in [6.07, 6.45) is 3.12. The van der Waals surface area contributed by atoms with E-state index >= 15 is 0 Å². The van der Waals surface area contributed by atoms with E-state index in [0.717, 1.165) is 37.4 Å². The number of rotatable bonds is 3. The van der Waals surface area contributed by atoms with E-state index in [-0.39, 0.29) is 11.8 Å². The van der Waals surface area contributed by atoms with Gasteiger partial charge in [0.2, 0.25) is 5.91 Å². The topological polar surface area (TPSA) is 99.2 Å². The van der Waals surface area contributed by atoms with Crippen LogP contribution in [-0.2, 0) is 4.79 Å². The van der Waals surface area contributed by atoms with Gasteiger partial charge in [0, 0.05) is 24.7 Å². The third kappa shape index (κ3) is 3.19. The molecule has 0 saturated carbocycles. The summed E-state index contributed by atoms with van der Waals surface area (Å²) >= 11 is 0. The molecule has 26 heavy (non-hydrogen) atoms. The summed E-state index contributed by atoms with van der Waals surface area (Å²) in [5.41, 5.74) is 2.01. The van der Waals surface area contributed by atoms with Gasteiger partial charge in [0.05, 0.1) is 11.6 Å². The van der Waals surface area contributed by atoms with Crippen LogP contribution in [0.5, 0.6) is 0 Å². The molecule has 0 spiro atoms. The number of hydrogen-bond donors (Lipinski definition) is 1.